The number of para-hydroxylation sites is 1. The number of benzene rings is 2. The van der Waals surface area contributed by atoms with Crippen LogP contribution < -0.4 is 10.6 Å². The number of thioether (sulfide) groups is 1. The summed E-state index contributed by atoms with van der Waals surface area (Å²) in [6.45, 7) is 7.98. The van der Waals surface area contributed by atoms with E-state index in [9.17, 15) is 9.59 Å². The summed E-state index contributed by atoms with van der Waals surface area (Å²) in [6, 6.07) is 13.8. The average Bonchev–Trinajstić information content (AvgIpc) is 2.66. The maximum absolute atomic E-state index is 12.6. The van der Waals surface area contributed by atoms with Crippen LogP contribution in [-0.4, -0.2) is 22.8 Å². The largest absolute Gasteiger partial charge is 0.325 e. The Bertz CT molecular complexity index is 782. The standard InChI is InChI=1S/C22H28N2O2S/c1-5-17-10-8-11-18(6-2)21(17)24-22(26)16(4)27-14-20(25)23-19-12-7-9-15(3)13-19/h7-13,16H,5-6,14H2,1-4H3,(H,23,25)(H,24,26)/t16-/m1/s1. The number of anilines is 2. The van der Waals surface area contributed by atoms with Crippen molar-refractivity contribution in [1.82, 2.24) is 0 Å². The molecule has 0 heterocycles. The van der Waals surface area contributed by atoms with Gasteiger partial charge in [-0.3, -0.25) is 9.59 Å². The molecule has 0 saturated heterocycles. The molecule has 5 heteroatoms. The summed E-state index contributed by atoms with van der Waals surface area (Å²) in [5.74, 6) is 0.0610. The Morgan fingerprint density at radius 1 is 1.00 bits per heavy atom. The highest BCUT2D eigenvalue weighted by Gasteiger charge is 2.18. The van der Waals surface area contributed by atoms with E-state index in [4.69, 9.17) is 0 Å². The third kappa shape index (κ3) is 6.14. The number of nitrogens with one attached hydrogen (secondary N) is 2. The van der Waals surface area contributed by atoms with Crippen molar-refractivity contribution in [2.75, 3.05) is 16.4 Å². The molecule has 2 amide bonds. The fourth-order valence-electron chi connectivity index (χ4n) is 2.82. The Kier molecular flexibility index (Phi) is 7.92. The van der Waals surface area contributed by atoms with Gasteiger partial charge >= 0.3 is 0 Å². The Labute approximate surface area is 166 Å². The summed E-state index contributed by atoms with van der Waals surface area (Å²) in [7, 11) is 0. The first kappa shape index (κ1) is 21.0. The maximum Gasteiger partial charge on any atom is 0.237 e. The normalized spacial score (nSPS) is 11.7. The molecule has 2 aromatic rings. The highest BCUT2D eigenvalue weighted by Crippen LogP contribution is 2.24. The molecule has 144 valence electrons. The number of carbonyl (C=O) groups is 2. The van der Waals surface area contributed by atoms with Gasteiger partial charge in [0.2, 0.25) is 11.8 Å². The molecule has 0 aliphatic rings. The smallest absolute Gasteiger partial charge is 0.237 e. The fourth-order valence-corrected chi connectivity index (χ4v) is 3.51. The molecule has 1 atom stereocenters. The molecule has 27 heavy (non-hydrogen) atoms. The van der Waals surface area contributed by atoms with Gasteiger partial charge in [0.15, 0.2) is 0 Å². The third-order valence-corrected chi connectivity index (χ3v) is 5.53. The summed E-state index contributed by atoms with van der Waals surface area (Å²) in [5.41, 5.74) is 5.06. The lowest BCUT2D eigenvalue weighted by Gasteiger charge is -2.17. The second-order valence-electron chi connectivity index (χ2n) is 6.52. The minimum Gasteiger partial charge on any atom is -0.325 e. The molecule has 2 aromatic carbocycles. The number of hydrogen-bond donors (Lipinski definition) is 2. The van der Waals surface area contributed by atoms with Gasteiger partial charge in [0.1, 0.15) is 0 Å². The van der Waals surface area contributed by atoms with Crippen LogP contribution in [0.25, 0.3) is 0 Å². The van der Waals surface area contributed by atoms with E-state index in [1.165, 1.54) is 11.8 Å². The van der Waals surface area contributed by atoms with Gasteiger partial charge in [-0.25, -0.2) is 0 Å². The van der Waals surface area contributed by atoms with E-state index < -0.39 is 0 Å². The molecule has 0 unspecified atom stereocenters. The van der Waals surface area contributed by atoms with Crippen LogP contribution in [0.2, 0.25) is 0 Å². The van der Waals surface area contributed by atoms with E-state index in [0.29, 0.717) is 0 Å². The minimum absolute atomic E-state index is 0.0704. The molecule has 0 aromatic heterocycles. The number of hydrogen-bond acceptors (Lipinski definition) is 3. The van der Waals surface area contributed by atoms with E-state index in [1.54, 1.807) is 0 Å². The number of amides is 2. The second kappa shape index (κ2) is 10.2. The van der Waals surface area contributed by atoms with Crippen LogP contribution in [-0.2, 0) is 22.4 Å². The lowest BCUT2D eigenvalue weighted by Crippen LogP contribution is -2.26. The lowest BCUT2D eigenvalue weighted by molar-refractivity contribution is -0.115. The number of aryl methyl sites for hydroxylation is 3. The van der Waals surface area contributed by atoms with Crippen LogP contribution in [0.1, 0.15) is 37.5 Å². The van der Waals surface area contributed by atoms with Crippen LogP contribution in [0.4, 0.5) is 11.4 Å². The summed E-state index contributed by atoms with van der Waals surface area (Å²) < 4.78 is 0. The Hall–Kier alpha value is -2.27. The van der Waals surface area contributed by atoms with Crippen molar-refractivity contribution in [3.05, 3.63) is 59.2 Å². The van der Waals surface area contributed by atoms with Gasteiger partial charge in [0.25, 0.3) is 0 Å². The zero-order valence-corrected chi connectivity index (χ0v) is 17.3. The van der Waals surface area contributed by atoms with Crippen LogP contribution in [0.3, 0.4) is 0 Å². The molecule has 2 rings (SSSR count). The predicted octanol–water partition coefficient (Wildman–Crippen LogP) is 4.82. The molecular formula is C22H28N2O2S. The maximum atomic E-state index is 12.6. The lowest BCUT2D eigenvalue weighted by atomic mass is 10.0. The highest BCUT2D eigenvalue weighted by atomic mass is 32.2. The summed E-state index contributed by atoms with van der Waals surface area (Å²) in [5, 5.41) is 5.63. The SMILES string of the molecule is CCc1cccc(CC)c1NC(=O)[C@@H](C)SCC(=O)Nc1cccc(C)c1. The van der Waals surface area contributed by atoms with Crippen molar-refractivity contribution in [1.29, 1.82) is 0 Å². The average molecular weight is 385 g/mol. The molecule has 0 bridgehead atoms. The van der Waals surface area contributed by atoms with Crippen molar-refractivity contribution >= 4 is 35.0 Å². The molecule has 4 nitrogen and oxygen atoms in total. The van der Waals surface area contributed by atoms with E-state index >= 15 is 0 Å². The Morgan fingerprint density at radius 2 is 1.63 bits per heavy atom. The van der Waals surface area contributed by atoms with Crippen LogP contribution in [0.15, 0.2) is 42.5 Å². The zero-order chi connectivity index (χ0) is 19.8. The molecule has 2 N–H and O–H groups in total. The molecule has 0 fully saturated rings. The monoisotopic (exact) mass is 384 g/mol. The molecule has 0 aliphatic carbocycles. The highest BCUT2D eigenvalue weighted by molar-refractivity contribution is 8.01. The van der Waals surface area contributed by atoms with E-state index in [1.807, 2.05) is 56.3 Å². The zero-order valence-electron chi connectivity index (χ0n) is 16.5. The summed E-state index contributed by atoms with van der Waals surface area (Å²) >= 11 is 1.34. The van der Waals surface area contributed by atoms with Gasteiger partial charge in [0, 0.05) is 11.4 Å². The van der Waals surface area contributed by atoms with Gasteiger partial charge in [-0.15, -0.1) is 11.8 Å². The minimum atomic E-state index is -0.317. The van der Waals surface area contributed by atoms with Crippen molar-refractivity contribution in [2.24, 2.45) is 0 Å². The fraction of sp³-hybridized carbons (Fsp3) is 0.364. The van der Waals surface area contributed by atoms with Gasteiger partial charge < -0.3 is 10.6 Å². The van der Waals surface area contributed by atoms with Crippen LogP contribution in [0, 0.1) is 6.92 Å². The number of carbonyl (C=O) groups excluding carboxylic acids is 2. The van der Waals surface area contributed by atoms with Gasteiger partial charge in [0.05, 0.1) is 11.0 Å². The first-order chi connectivity index (χ1) is 12.9. The molecule has 0 spiro atoms. The number of rotatable bonds is 8. The summed E-state index contributed by atoms with van der Waals surface area (Å²) in [4.78, 5) is 24.7. The predicted molar refractivity (Wildman–Crippen MR) is 116 cm³/mol. The Morgan fingerprint density at radius 3 is 2.22 bits per heavy atom. The first-order valence-electron chi connectivity index (χ1n) is 9.34. The Balaban J connectivity index is 1.91. The van der Waals surface area contributed by atoms with Gasteiger partial charge in [-0.2, -0.15) is 0 Å². The van der Waals surface area contributed by atoms with Crippen molar-refractivity contribution in [2.45, 2.75) is 45.8 Å². The van der Waals surface area contributed by atoms with Crippen LogP contribution >= 0.6 is 11.8 Å². The van der Waals surface area contributed by atoms with Gasteiger partial charge in [-0.05, 0) is 55.5 Å². The van der Waals surface area contributed by atoms with Crippen molar-refractivity contribution in [3.8, 4) is 0 Å². The van der Waals surface area contributed by atoms with Crippen LogP contribution in [0.5, 0.6) is 0 Å². The molecule has 0 saturated carbocycles. The second-order valence-corrected chi connectivity index (χ2v) is 7.85. The summed E-state index contributed by atoms with van der Waals surface area (Å²) in [6.07, 6.45) is 1.73. The van der Waals surface area contributed by atoms with Crippen molar-refractivity contribution < 1.29 is 9.59 Å². The van der Waals surface area contributed by atoms with Gasteiger partial charge in [-0.1, -0.05) is 44.2 Å². The third-order valence-electron chi connectivity index (χ3n) is 4.38. The van der Waals surface area contributed by atoms with E-state index in [2.05, 4.69) is 24.5 Å². The van der Waals surface area contributed by atoms with Crippen molar-refractivity contribution in [3.63, 3.8) is 0 Å². The topological polar surface area (TPSA) is 58.2 Å². The van der Waals surface area contributed by atoms with E-state index in [-0.39, 0.29) is 22.8 Å². The quantitative estimate of drug-likeness (QED) is 0.686. The first-order valence-corrected chi connectivity index (χ1v) is 10.4. The molecular weight excluding hydrogens is 356 g/mol. The van der Waals surface area contributed by atoms with E-state index in [0.717, 1.165) is 40.9 Å². The molecule has 0 aliphatic heterocycles. The molecule has 0 radical (unpaired) electrons.